The average Bonchev–Trinajstić information content (AvgIpc) is 2.62. The number of methoxy groups -OCH3 is 1. The van der Waals surface area contributed by atoms with E-state index in [4.69, 9.17) is 10.00 Å². The van der Waals surface area contributed by atoms with Crippen LogP contribution in [-0.4, -0.2) is 38.3 Å². The number of hydrogen-bond donors (Lipinski definition) is 0. The first-order chi connectivity index (χ1) is 10.8. The SMILES string of the molecule is COc1cccc(N2CCN(c3cccc(C#N)n3)CC2)c1. The van der Waals surface area contributed by atoms with Gasteiger partial charge in [-0.05, 0) is 24.3 Å². The summed E-state index contributed by atoms with van der Waals surface area (Å²) in [7, 11) is 1.69. The predicted molar refractivity (Wildman–Crippen MR) is 86.4 cm³/mol. The van der Waals surface area contributed by atoms with Gasteiger partial charge in [0.2, 0.25) is 0 Å². The van der Waals surface area contributed by atoms with Gasteiger partial charge >= 0.3 is 0 Å². The normalized spacial score (nSPS) is 14.5. The summed E-state index contributed by atoms with van der Waals surface area (Å²) < 4.78 is 5.28. The molecule has 22 heavy (non-hydrogen) atoms. The van der Waals surface area contributed by atoms with Crippen molar-refractivity contribution in [3.8, 4) is 11.8 Å². The lowest BCUT2D eigenvalue weighted by Gasteiger charge is -2.36. The van der Waals surface area contributed by atoms with E-state index in [1.54, 1.807) is 13.2 Å². The van der Waals surface area contributed by atoms with E-state index in [9.17, 15) is 0 Å². The predicted octanol–water partition coefficient (Wildman–Crippen LogP) is 2.29. The number of hydrogen-bond acceptors (Lipinski definition) is 5. The van der Waals surface area contributed by atoms with Crippen LogP contribution in [0, 0.1) is 11.3 Å². The van der Waals surface area contributed by atoms with Gasteiger partial charge in [-0.1, -0.05) is 12.1 Å². The van der Waals surface area contributed by atoms with Gasteiger partial charge in [0.15, 0.2) is 0 Å². The second-order valence-electron chi connectivity index (χ2n) is 5.17. The van der Waals surface area contributed by atoms with Crippen LogP contribution in [0.4, 0.5) is 11.5 Å². The van der Waals surface area contributed by atoms with Crippen molar-refractivity contribution in [2.24, 2.45) is 0 Å². The molecule has 5 nitrogen and oxygen atoms in total. The van der Waals surface area contributed by atoms with Crippen molar-refractivity contribution in [3.63, 3.8) is 0 Å². The molecule has 0 bridgehead atoms. The lowest BCUT2D eigenvalue weighted by atomic mass is 10.2. The topological polar surface area (TPSA) is 52.4 Å². The highest BCUT2D eigenvalue weighted by molar-refractivity contribution is 5.53. The number of piperazine rings is 1. The third-order valence-corrected chi connectivity index (χ3v) is 3.87. The van der Waals surface area contributed by atoms with Crippen LogP contribution >= 0.6 is 0 Å². The monoisotopic (exact) mass is 294 g/mol. The zero-order valence-electron chi connectivity index (χ0n) is 12.6. The standard InChI is InChI=1S/C17H18N4O/c1-22-16-6-3-5-15(12-16)20-8-10-21(11-9-20)17-7-2-4-14(13-18)19-17/h2-7,12H,8-11H2,1H3. The maximum Gasteiger partial charge on any atom is 0.142 e. The molecule has 1 saturated heterocycles. The molecular formula is C17H18N4O. The van der Waals surface area contributed by atoms with Crippen LogP contribution in [0.5, 0.6) is 5.75 Å². The zero-order valence-corrected chi connectivity index (χ0v) is 12.6. The van der Waals surface area contributed by atoms with Crippen molar-refractivity contribution in [1.82, 2.24) is 4.98 Å². The maximum atomic E-state index is 8.95. The van der Waals surface area contributed by atoms with Crippen molar-refractivity contribution in [1.29, 1.82) is 5.26 Å². The van der Waals surface area contributed by atoms with Gasteiger partial charge < -0.3 is 14.5 Å². The van der Waals surface area contributed by atoms with E-state index < -0.39 is 0 Å². The Balaban J connectivity index is 1.68. The summed E-state index contributed by atoms with van der Waals surface area (Å²) >= 11 is 0. The summed E-state index contributed by atoms with van der Waals surface area (Å²) in [6, 6.07) is 15.8. The fourth-order valence-corrected chi connectivity index (χ4v) is 2.66. The molecule has 1 fully saturated rings. The number of pyridine rings is 1. The summed E-state index contributed by atoms with van der Waals surface area (Å²) in [4.78, 5) is 8.93. The Morgan fingerprint density at radius 2 is 1.77 bits per heavy atom. The molecule has 0 atom stereocenters. The molecule has 112 valence electrons. The fourth-order valence-electron chi connectivity index (χ4n) is 2.66. The number of aromatic nitrogens is 1. The largest absolute Gasteiger partial charge is 0.497 e. The number of benzene rings is 1. The van der Waals surface area contributed by atoms with E-state index in [1.807, 2.05) is 24.3 Å². The van der Waals surface area contributed by atoms with E-state index in [-0.39, 0.29) is 0 Å². The Morgan fingerprint density at radius 1 is 1.05 bits per heavy atom. The molecule has 0 radical (unpaired) electrons. The van der Waals surface area contributed by atoms with Crippen molar-refractivity contribution in [2.45, 2.75) is 0 Å². The van der Waals surface area contributed by atoms with E-state index in [0.717, 1.165) is 37.7 Å². The van der Waals surface area contributed by atoms with Crippen LogP contribution in [0.25, 0.3) is 0 Å². The fraction of sp³-hybridized carbons (Fsp3) is 0.294. The third kappa shape index (κ3) is 2.96. The van der Waals surface area contributed by atoms with Gasteiger partial charge in [0.1, 0.15) is 23.3 Å². The summed E-state index contributed by atoms with van der Waals surface area (Å²) in [5.74, 6) is 1.76. The summed E-state index contributed by atoms with van der Waals surface area (Å²) in [5, 5.41) is 8.95. The molecule has 0 N–H and O–H groups in total. The summed E-state index contributed by atoms with van der Waals surface area (Å²) in [5.41, 5.74) is 1.64. The minimum Gasteiger partial charge on any atom is -0.497 e. The second kappa shape index (κ2) is 6.35. The first kappa shape index (κ1) is 14.2. The molecule has 3 rings (SSSR count). The zero-order chi connectivity index (χ0) is 15.4. The van der Waals surface area contributed by atoms with Crippen LogP contribution < -0.4 is 14.5 Å². The van der Waals surface area contributed by atoms with Crippen molar-refractivity contribution >= 4 is 11.5 Å². The molecule has 0 aliphatic carbocycles. The van der Waals surface area contributed by atoms with Gasteiger partial charge in [0, 0.05) is 37.9 Å². The minimum atomic E-state index is 0.465. The molecule has 2 aromatic rings. The van der Waals surface area contributed by atoms with Crippen molar-refractivity contribution in [2.75, 3.05) is 43.1 Å². The van der Waals surface area contributed by atoms with Crippen LogP contribution in [0.2, 0.25) is 0 Å². The Hall–Kier alpha value is -2.74. The number of nitriles is 1. The van der Waals surface area contributed by atoms with Gasteiger partial charge in [-0.2, -0.15) is 5.26 Å². The van der Waals surface area contributed by atoms with Crippen molar-refractivity contribution < 1.29 is 4.74 Å². The molecule has 0 amide bonds. The Kier molecular flexibility index (Phi) is 4.10. The third-order valence-electron chi connectivity index (χ3n) is 3.87. The Labute approximate surface area is 130 Å². The molecule has 0 spiro atoms. The quantitative estimate of drug-likeness (QED) is 0.869. The van der Waals surface area contributed by atoms with Gasteiger partial charge in [-0.15, -0.1) is 0 Å². The van der Waals surface area contributed by atoms with Crippen LogP contribution in [0.3, 0.4) is 0 Å². The molecule has 0 unspecified atom stereocenters. The molecule has 1 aromatic carbocycles. The van der Waals surface area contributed by atoms with E-state index in [0.29, 0.717) is 5.69 Å². The lowest BCUT2D eigenvalue weighted by molar-refractivity contribution is 0.414. The lowest BCUT2D eigenvalue weighted by Crippen LogP contribution is -2.46. The summed E-state index contributed by atoms with van der Waals surface area (Å²) in [6.07, 6.45) is 0. The highest BCUT2D eigenvalue weighted by Gasteiger charge is 2.18. The van der Waals surface area contributed by atoms with Gasteiger partial charge in [0.25, 0.3) is 0 Å². The van der Waals surface area contributed by atoms with Crippen LogP contribution in [-0.2, 0) is 0 Å². The summed E-state index contributed by atoms with van der Waals surface area (Å²) in [6.45, 7) is 3.62. The van der Waals surface area contributed by atoms with Gasteiger partial charge in [-0.25, -0.2) is 4.98 Å². The number of ether oxygens (including phenoxy) is 1. The molecule has 1 aliphatic rings. The maximum absolute atomic E-state index is 8.95. The molecule has 2 heterocycles. The van der Waals surface area contributed by atoms with E-state index in [2.05, 4.69) is 33.0 Å². The minimum absolute atomic E-state index is 0.465. The molecular weight excluding hydrogens is 276 g/mol. The number of rotatable bonds is 3. The number of anilines is 2. The average molecular weight is 294 g/mol. The van der Waals surface area contributed by atoms with Gasteiger partial charge in [-0.3, -0.25) is 0 Å². The first-order valence-electron chi connectivity index (χ1n) is 7.31. The Bertz CT molecular complexity index is 687. The van der Waals surface area contributed by atoms with E-state index in [1.165, 1.54) is 5.69 Å². The van der Waals surface area contributed by atoms with Gasteiger partial charge in [0.05, 0.1) is 7.11 Å². The molecule has 1 aliphatic heterocycles. The first-order valence-corrected chi connectivity index (χ1v) is 7.31. The van der Waals surface area contributed by atoms with Crippen molar-refractivity contribution in [3.05, 3.63) is 48.2 Å². The molecule has 0 saturated carbocycles. The van der Waals surface area contributed by atoms with E-state index >= 15 is 0 Å². The second-order valence-corrected chi connectivity index (χ2v) is 5.17. The molecule has 5 heteroatoms. The smallest absolute Gasteiger partial charge is 0.142 e. The van der Waals surface area contributed by atoms with Crippen LogP contribution in [0.15, 0.2) is 42.5 Å². The van der Waals surface area contributed by atoms with Crippen LogP contribution in [0.1, 0.15) is 5.69 Å². The highest BCUT2D eigenvalue weighted by Crippen LogP contribution is 2.23. The number of nitrogens with zero attached hydrogens (tertiary/aromatic N) is 4. The molecule has 1 aromatic heterocycles. The Morgan fingerprint density at radius 3 is 2.50 bits per heavy atom. The highest BCUT2D eigenvalue weighted by atomic mass is 16.5.